The van der Waals surface area contributed by atoms with Crippen LogP contribution in [0.25, 0.3) is 0 Å². The van der Waals surface area contributed by atoms with Gasteiger partial charge in [0, 0.05) is 6.20 Å². The Morgan fingerprint density at radius 2 is 2.21 bits per heavy atom. The van der Waals surface area contributed by atoms with Crippen molar-refractivity contribution in [1.82, 2.24) is 4.98 Å². The van der Waals surface area contributed by atoms with Gasteiger partial charge >= 0.3 is 18.9 Å². The van der Waals surface area contributed by atoms with Crippen molar-refractivity contribution >= 4 is 5.97 Å². The number of carboxylic acids is 1. The number of pyridine rings is 1. The fourth-order valence-electron chi connectivity index (χ4n) is 1.07. The zero-order chi connectivity index (χ0) is 9.68. The minimum atomic E-state index is -1.22. The van der Waals surface area contributed by atoms with Crippen LogP contribution in [0.4, 0.5) is 0 Å². The Labute approximate surface area is 95.7 Å². The summed E-state index contributed by atoms with van der Waals surface area (Å²) in [5, 5.41) is 10.4. The molecule has 0 amide bonds. The average Bonchev–Trinajstić information content (AvgIpc) is 2.15. The fourth-order valence-corrected chi connectivity index (χ4v) is 1.07. The summed E-state index contributed by atoms with van der Waals surface area (Å²) >= 11 is 0. The molecule has 4 heteroatoms. The van der Waals surface area contributed by atoms with Crippen molar-refractivity contribution < 1.29 is 28.8 Å². The summed E-state index contributed by atoms with van der Waals surface area (Å²) in [5.74, 6) is -1.22. The predicted molar refractivity (Wildman–Crippen MR) is 47.2 cm³/mol. The molecule has 0 radical (unpaired) electrons. The normalized spacial score (nSPS) is 9.21. The summed E-state index contributed by atoms with van der Waals surface area (Å²) < 4.78 is 0. The van der Waals surface area contributed by atoms with Crippen LogP contribution in [-0.4, -0.2) is 11.0 Å². The number of hydrogen-bond acceptors (Lipinski definition) is 3. The number of carboxylic acid groups (broad SMARTS) is 1. The van der Waals surface area contributed by atoms with Gasteiger partial charge in [-0.15, -0.1) is 0 Å². The molecule has 0 atom stereocenters. The molecule has 14 heavy (non-hydrogen) atoms. The standard InChI is InChI=1S/C10H13NO2.Li/c1-2-3-4-8-5-6-9(10(12)13)11-7-8;/h5-7H,2-4H2,1H3,(H,12,13);/q;+1/p-1. The van der Waals surface area contributed by atoms with Gasteiger partial charge < -0.3 is 9.90 Å². The van der Waals surface area contributed by atoms with Crippen LogP contribution in [-0.2, 0) is 6.42 Å². The molecule has 1 heterocycles. The second kappa shape index (κ2) is 6.64. The number of hydrogen-bond donors (Lipinski definition) is 0. The van der Waals surface area contributed by atoms with Crippen LogP contribution >= 0.6 is 0 Å². The Balaban J connectivity index is 0.00000169. The monoisotopic (exact) mass is 185 g/mol. The molecule has 3 nitrogen and oxygen atoms in total. The number of carbonyl (C=O) groups is 1. The molecule has 0 aromatic carbocycles. The number of aromatic nitrogens is 1. The molecule has 70 valence electrons. The number of unbranched alkanes of at least 4 members (excludes halogenated alkanes) is 1. The Morgan fingerprint density at radius 1 is 1.50 bits per heavy atom. The van der Waals surface area contributed by atoms with Crippen molar-refractivity contribution in [3.8, 4) is 0 Å². The Morgan fingerprint density at radius 3 is 2.64 bits per heavy atom. The molecule has 0 N–H and O–H groups in total. The average molecular weight is 185 g/mol. The molecule has 0 fully saturated rings. The van der Waals surface area contributed by atoms with Gasteiger partial charge in [0.1, 0.15) is 0 Å². The van der Waals surface area contributed by atoms with Crippen molar-refractivity contribution in [2.24, 2.45) is 0 Å². The van der Waals surface area contributed by atoms with E-state index in [0.717, 1.165) is 24.8 Å². The summed E-state index contributed by atoms with van der Waals surface area (Å²) in [7, 11) is 0. The third-order valence-corrected chi connectivity index (χ3v) is 1.85. The van der Waals surface area contributed by atoms with E-state index in [2.05, 4.69) is 11.9 Å². The molecule has 0 saturated carbocycles. The molecule has 0 spiro atoms. The summed E-state index contributed by atoms with van der Waals surface area (Å²) in [5.41, 5.74) is 1.08. The van der Waals surface area contributed by atoms with Crippen LogP contribution in [0.3, 0.4) is 0 Å². The Hall–Kier alpha value is -0.783. The van der Waals surface area contributed by atoms with E-state index in [0.29, 0.717) is 0 Å². The van der Waals surface area contributed by atoms with Crippen LogP contribution in [0.2, 0.25) is 0 Å². The van der Waals surface area contributed by atoms with Gasteiger partial charge in [-0.05, 0) is 24.5 Å². The van der Waals surface area contributed by atoms with E-state index in [9.17, 15) is 9.90 Å². The minimum Gasteiger partial charge on any atom is -0.543 e. The third-order valence-electron chi connectivity index (χ3n) is 1.85. The predicted octanol–water partition coefficient (Wildman–Crippen LogP) is -2.21. The molecular weight excluding hydrogens is 173 g/mol. The first kappa shape index (κ1) is 13.2. The van der Waals surface area contributed by atoms with Crippen molar-refractivity contribution in [1.29, 1.82) is 0 Å². The molecule has 1 rings (SSSR count). The molecular formula is C10H12LiNO2. The first-order valence-electron chi connectivity index (χ1n) is 4.40. The quantitative estimate of drug-likeness (QED) is 0.500. The second-order valence-corrected chi connectivity index (χ2v) is 2.94. The van der Waals surface area contributed by atoms with Crippen molar-refractivity contribution in [2.75, 3.05) is 0 Å². The van der Waals surface area contributed by atoms with Crippen LogP contribution < -0.4 is 24.0 Å². The maximum atomic E-state index is 10.4. The molecule has 0 aliphatic rings. The van der Waals surface area contributed by atoms with Crippen molar-refractivity contribution in [3.63, 3.8) is 0 Å². The zero-order valence-electron chi connectivity index (χ0n) is 8.62. The van der Waals surface area contributed by atoms with Gasteiger partial charge in [-0.3, -0.25) is 4.98 Å². The number of carbonyl (C=O) groups excluding carboxylic acids is 1. The summed E-state index contributed by atoms with van der Waals surface area (Å²) in [6.07, 6.45) is 4.78. The first-order valence-corrected chi connectivity index (χ1v) is 4.40. The zero-order valence-corrected chi connectivity index (χ0v) is 8.62. The van der Waals surface area contributed by atoms with E-state index in [4.69, 9.17) is 0 Å². The van der Waals surface area contributed by atoms with Crippen LogP contribution in [0.1, 0.15) is 35.8 Å². The van der Waals surface area contributed by atoms with Gasteiger partial charge in [-0.25, -0.2) is 0 Å². The van der Waals surface area contributed by atoms with Gasteiger partial charge in [0.15, 0.2) is 0 Å². The number of aryl methyl sites for hydroxylation is 1. The topological polar surface area (TPSA) is 53.0 Å². The van der Waals surface area contributed by atoms with Gasteiger partial charge in [-0.2, -0.15) is 0 Å². The fraction of sp³-hybridized carbons (Fsp3) is 0.400. The number of rotatable bonds is 4. The third kappa shape index (κ3) is 3.95. The minimum absolute atomic E-state index is 0. The molecule has 0 saturated heterocycles. The van der Waals surface area contributed by atoms with E-state index < -0.39 is 5.97 Å². The molecule has 1 aromatic rings. The summed E-state index contributed by atoms with van der Waals surface area (Å²) in [6.45, 7) is 2.11. The van der Waals surface area contributed by atoms with E-state index >= 15 is 0 Å². The van der Waals surface area contributed by atoms with Crippen molar-refractivity contribution in [3.05, 3.63) is 29.6 Å². The molecule has 0 aliphatic carbocycles. The smallest absolute Gasteiger partial charge is 0.543 e. The largest absolute Gasteiger partial charge is 1.00 e. The van der Waals surface area contributed by atoms with Gasteiger partial charge in [0.2, 0.25) is 0 Å². The van der Waals surface area contributed by atoms with E-state index in [1.54, 1.807) is 12.3 Å². The van der Waals surface area contributed by atoms with Crippen LogP contribution in [0.5, 0.6) is 0 Å². The van der Waals surface area contributed by atoms with Gasteiger partial charge in [0.25, 0.3) is 0 Å². The number of aromatic carboxylic acids is 1. The molecule has 0 unspecified atom stereocenters. The van der Waals surface area contributed by atoms with Crippen LogP contribution in [0.15, 0.2) is 18.3 Å². The maximum absolute atomic E-state index is 10.4. The summed E-state index contributed by atoms with van der Waals surface area (Å²) in [6, 6.07) is 3.27. The van der Waals surface area contributed by atoms with Gasteiger partial charge in [0.05, 0.1) is 11.7 Å². The molecule has 0 aliphatic heterocycles. The number of nitrogens with zero attached hydrogens (tertiary/aromatic N) is 1. The molecule has 0 bridgehead atoms. The van der Waals surface area contributed by atoms with Crippen LogP contribution in [0, 0.1) is 0 Å². The van der Waals surface area contributed by atoms with E-state index in [-0.39, 0.29) is 24.6 Å². The second-order valence-electron chi connectivity index (χ2n) is 2.94. The molecule has 1 aromatic heterocycles. The summed E-state index contributed by atoms with van der Waals surface area (Å²) in [4.78, 5) is 14.1. The van der Waals surface area contributed by atoms with E-state index in [1.165, 1.54) is 6.07 Å². The first-order chi connectivity index (χ1) is 6.24. The van der Waals surface area contributed by atoms with E-state index in [1.807, 2.05) is 0 Å². The van der Waals surface area contributed by atoms with Gasteiger partial charge in [-0.1, -0.05) is 19.4 Å². The maximum Gasteiger partial charge on any atom is 1.00 e. The Kier molecular flexibility index (Phi) is 6.27. The SMILES string of the molecule is CCCCc1ccc(C(=O)[O-])nc1.[Li+]. The Bertz CT molecular complexity index is 285. The van der Waals surface area contributed by atoms with Crippen molar-refractivity contribution in [2.45, 2.75) is 26.2 Å².